The Hall–Kier alpha value is -0.730. The first-order valence-electron chi connectivity index (χ1n) is 5.86. The Morgan fingerprint density at radius 1 is 1.53 bits per heavy atom. The van der Waals surface area contributed by atoms with Crippen molar-refractivity contribution in [3.63, 3.8) is 0 Å². The topological polar surface area (TPSA) is 67.2 Å². The first-order chi connectivity index (χ1) is 8.91. The van der Waals surface area contributed by atoms with Gasteiger partial charge in [0.2, 0.25) is 0 Å². The van der Waals surface area contributed by atoms with E-state index in [2.05, 4.69) is 26.3 Å². The molecule has 0 saturated heterocycles. The number of rotatable bonds is 7. The molecule has 0 aliphatic heterocycles. The summed E-state index contributed by atoms with van der Waals surface area (Å²) >= 11 is 3.28. The normalized spacial score (nSPS) is 12.7. The average molecular weight is 351 g/mol. The maximum Gasteiger partial charge on any atom is 0.283 e. The third-order valence-electron chi connectivity index (χ3n) is 2.45. The summed E-state index contributed by atoms with van der Waals surface area (Å²) in [6, 6.07) is 0. The highest BCUT2D eigenvalue weighted by molar-refractivity contribution is 9.10. The van der Waals surface area contributed by atoms with Gasteiger partial charge in [-0.05, 0) is 30.0 Å². The van der Waals surface area contributed by atoms with E-state index in [-0.39, 0.29) is 5.56 Å². The van der Waals surface area contributed by atoms with Gasteiger partial charge in [-0.3, -0.25) is 9.00 Å². The molecule has 0 bridgehead atoms. The van der Waals surface area contributed by atoms with Crippen LogP contribution >= 0.6 is 15.9 Å². The zero-order chi connectivity index (χ0) is 14.4. The summed E-state index contributed by atoms with van der Waals surface area (Å²) in [6.07, 6.45) is 3.26. The van der Waals surface area contributed by atoms with Gasteiger partial charge in [-0.15, -0.1) is 0 Å². The standard InChI is InChI=1S/C11H19BrN4O2S/c1-15(2)5-6-16-11(17)10(12)9(8-14-16)13-4-7-19(3)18/h8,13H,4-7H2,1-3H3. The fourth-order valence-electron chi connectivity index (χ4n) is 1.37. The lowest BCUT2D eigenvalue weighted by Gasteiger charge is -2.12. The summed E-state index contributed by atoms with van der Waals surface area (Å²) < 4.78 is 12.8. The molecule has 1 rings (SSSR count). The van der Waals surface area contributed by atoms with Crippen LogP contribution in [0.5, 0.6) is 0 Å². The number of nitrogens with one attached hydrogen (secondary N) is 1. The number of hydrogen-bond donors (Lipinski definition) is 1. The highest BCUT2D eigenvalue weighted by Gasteiger charge is 2.08. The Labute approximate surface area is 123 Å². The molecule has 0 radical (unpaired) electrons. The van der Waals surface area contributed by atoms with Gasteiger partial charge in [0.25, 0.3) is 5.56 Å². The minimum absolute atomic E-state index is 0.163. The van der Waals surface area contributed by atoms with Gasteiger partial charge < -0.3 is 10.2 Å². The van der Waals surface area contributed by atoms with Crippen molar-refractivity contribution in [2.24, 2.45) is 0 Å². The van der Waals surface area contributed by atoms with Gasteiger partial charge in [-0.2, -0.15) is 5.10 Å². The Bertz CT molecular complexity index is 504. The molecule has 1 N–H and O–H groups in total. The van der Waals surface area contributed by atoms with Crippen LogP contribution in [0.2, 0.25) is 0 Å². The number of aromatic nitrogens is 2. The first-order valence-corrected chi connectivity index (χ1v) is 8.38. The molecule has 1 aromatic heterocycles. The van der Waals surface area contributed by atoms with Crippen LogP contribution in [0.4, 0.5) is 5.69 Å². The van der Waals surface area contributed by atoms with Gasteiger partial charge in [0, 0.05) is 35.9 Å². The van der Waals surface area contributed by atoms with E-state index in [1.807, 2.05) is 19.0 Å². The molecule has 0 aliphatic rings. The van der Waals surface area contributed by atoms with Crippen molar-refractivity contribution in [3.05, 3.63) is 21.0 Å². The SMILES string of the molecule is CN(C)CCn1ncc(NCCS(C)=O)c(Br)c1=O. The second-order valence-electron chi connectivity index (χ2n) is 4.41. The molecule has 1 heterocycles. The predicted molar refractivity (Wildman–Crippen MR) is 82.2 cm³/mol. The first kappa shape index (κ1) is 16.3. The van der Waals surface area contributed by atoms with Gasteiger partial charge in [0.15, 0.2) is 0 Å². The van der Waals surface area contributed by atoms with Crippen molar-refractivity contribution in [3.8, 4) is 0 Å². The van der Waals surface area contributed by atoms with Crippen LogP contribution in [0.3, 0.4) is 0 Å². The van der Waals surface area contributed by atoms with Crippen molar-refractivity contribution in [2.75, 3.05) is 44.5 Å². The lowest BCUT2D eigenvalue weighted by atomic mass is 10.4. The van der Waals surface area contributed by atoms with E-state index in [4.69, 9.17) is 0 Å². The Balaban J connectivity index is 2.74. The maximum atomic E-state index is 12.0. The van der Waals surface area contributed by atoms with E-state index in [9.17, 15) is 9.00 Å². The third-order valence-corrected chi connectivity index (χ3v) is 3.99. The van der Waals surface area contributed by atoms with E-state index >= 15 is 0 Å². The maximum absolute atomic E-state index is 12.0. The quantitative estimate of drug-likeness (QED) is 0.768. The van der Waals surface area contributed by atoms with E-state index in [1.165, 1.54) is 4.68 Å². The summed E-state index contributed by atoms with van der Waals surface area (Å²) in [6.45, 7) is 1.84. The molecule has 108 valence electrons. The van der Waals surface area contributed by atoms with Crippen LogP contribution in [-0.2, 0) is 17.3 Å². The minimum Gasteiger partial charge on any atom is -0.382 e. The lowest BCUT2D eigenvalue weighted by Crippen LogP contribution is -2.29. The highest BCUT2D eigenvalue weighted by Crippen LogP contribution is 2.15. The van der Waals surface area contributed by atoms with Gasteiger partial charge in [-0.25, -0.2) is 4.68 Å². The summed E-state index contributed by atoms with van der Waals surface area (Å²) in [5.41, 5.74) is 0.473. The van der Waals surface area contributed by atoms with E-state index in [0.717, 1.165) is 6.54 Å². The number of hydrogen-bond acceptors (Lipinski definition) is 5. The highest BCUT2D eigenvalue weighted by atomic mass is 79.9. The van der Waals surface area contributed by atoms with Crippen LogP contribution < -0.4 is 10.9 Å². The van der Waals surface area contributed by atoms with Crippen LogP contribution in [0.25, 0.3) is 0 Å². The van der Waals surface area contributed by atoms with Gasteiger partial charge in [0.05, 0.1) is 18.4 Å². The van der Waals surface area contributed by atoms with Crippen LogP contribution in [0.15, 0.2) is 15.5 Å². The summed E-state index contributed by atoms with van der Waals surface area (Å²) in [5, 5.41) is 7.17. The summed E-state index contributed by atoms with van der Waals surface area (Å²) in [4.78, 5) is 14.0. The number of anilines is 1. The van der Waals surface area contributed by atoms with Crippen molar-refractivity contribution in [2.45, 2.75) is 6.54 Å². The molecular formula is C11H19BrN4O2S. The zero-order valence-corrected chi connectivity index (χ0v) is 13.8. The average Bonchev–Trinajstić information content (AvgIpc) is 2.33. The Kier molecular flexibility index (Phi) is 6.67. The third kappa shape index (κ3) is 5.42. The van der Waals surface area contributed by atoms with Crippen LogP contribution in [0.1, 0.15) is 0 Å². The molecule has 1 aromatic rings. The monoisotopic (exact) mass is 350 g/mol. The van der Waals surface area contributed by atoms with Crippen LogP contribution in [-0.4, -0.2) is 58.1 Å². The van der Waals surface area contributed by atoms with Crippen LogP contribution in [0, 0.1) is 0 Å². The van der Waals surface area contributed by atoms with E-state index in [0.29, 0.717) is 29.0 Å². The molecule has 0 aliphatic carbocycles. The molecule has 0 amide bonds. The van der Waals surface area contributed by atoms with Crippen molar-refractivity contribution >= 4 is 32.4 Å². The predicted octanol–water partition coefficient (Wildman–Crippen LogP) is 0.358. The summed E-state index contributed by atoms with van der Waals surface area (Å²) in [5.74, 6) is 0.538. The fourth-order valence-corrected chi connectivity index (χ4v) is 2.21. The molecule has 8 heteroatoms. The van der Waals surface area contributed by atoms with Gasteiger partial charge in [0.1, 0.15) is 4.47 Å². The van der Waals surface area contributed by atoms with Gasteiger partial charge in [-0.1, -0.05) is 0 Å². The molecule has 0 fully saturated rings. The molecule has 1 atom stereocenters. The zero-order valence-electron chi connectivity index (χ0n) is 11.4. The molecule has 0 spiro atoms. The Morgan fingerprint density at radius 3 is 2.79 bits per heavy atom. The molecule has 1 unspecified atom stereocenters. The molecule has 0 aromatic carbocycles. The van der Waals surface area contributed by atoms with Crippen molar-refractivity contribution in [1.82, 2.24) is 14.7 Å². The smallest absolute Gasteiger partial charge is 0.283 e. The number of halogens is 1. The number of nitrogens with zero attached hydrogens (tertiary/aromatic N) is 3. The molecular weight excluding hydrogens is 332 g/mol. The van der Waals surface area contributed by atoms with Gasteiger partial charge >= 0.3 is 0 Å². The second-order valence-corrected chi connectivity index (χ2v) is 6.76. The second kappa shape index (κ2) is 7.76. The van der Waals surface area contributed by atoms with Crippen molar-refractivity contribution in [1.29, 1.82) is 0 Å². The molecule has 19 heavy (non-hydrogen) atoms. The molecule has 0 saturated carbocycles. The van der Waals surface area contributed by atoms with E-state index in [1.54, 1.807) is 12.5 Å². The Morgan fingerprint density at radius 2 is 2.21 bits per heavy atom. The molecule has 6 nitrogen and oxygen atoms in total. The minimum atomic E-state index is -0.851. The number of likely N-dealkylation sites (N-methyl/N-ethyl adjacent to an activating group) is 1. The fraction of sp³-hybridized carbons (Fsp3) is 0.636. The van der Waals surface area contributed by atoms with Crippen molar-refractivity contribution < 1.29 is 4.21 Å². The summed E-state index contributed by atoms with van der Waals surface area (Å²) in [7, 11) is 3.04. The largest absolute Gasteiger partial charge is 0.382 e. The lowest BCUT2D eigenvalue weighted by molar-refractivity contribution is 0.367. The van der Waals surface area contributed by atoms with E-state index < -0.39 is 10.8 Å².